The van der Waals surface area contributed by atoms with Gasteiger partial charge in [0.25, 0.3) is 5.91 Å². The van der Waals surface area contributed by atoms with Crippen LogP contribution in [0.5, 0.6) is 5.75 Å². The lowest BCUT2D eigenvalue weighted by molar-refractivity contribution is -0.129. The normalized spacial score (nSPS) is 14.0. The largest absolute Gasteiger partial charge is 0.492 e. The Morgan fingerprint density at radius 2 is 1.81 bits per heavy atom. The molecule has 8 nitrogen and oxygen atoms in total. The van der Waals surface area contributed by atoms with Crippen LogP contribution in [0.25, 0.3) is 0 Å². The van der Waals surface area contributed by atoms with E-state index >= 15 is 0 Å². The maximum absolute atomic E-state index is 12.4. The first-order valence-corrected chi connectivity index (χ1v) is 8.96. The van der Waals surface area contributed by atoms with E-state index in [4.69, 9.17) is 4.74 Å². The zero-order valence-corrected chi connectivity index (χ0v) is 15.5. The summed E-state index contributed by atoms with van der Waals surface area (Å²) in [5.41, 5.74) is 0.822. The number of para-hydroxylation sites is 2. The molecule has 1 N–H and O–H groups in total. The Morgan fingerprint density at radius 1 is 1.07 bits per heavy atom. The van der Waals surface area contributed by atoms with E-state index in [0.717, 1.165) is 0 Å². The van der Waals surface area contributed by atoms with Gasteiger partial charge in [-0.2, -0.15) is 0 Å². The summed E-state index contributed by atoms with van der Waals surface area (Å²) in [4.78, 5) is 27.7. The van der Waals surface area contributed by atoms with Crippen LogP contribution in [0.15, 0.2) is 36.4 Å². The average molecular weight is 369 g/mol. The Balaban J connectivity index is 1.64. The Hall–Kier alpha value is -3.16. The highest BCUT2D eigenvalue weighted by Gasteiger charge is 2.20. The average Bonchev–Trinajstić information content (AvgIpc) is 2.70. The van der Waals surface area contributed by atoms with Crippen LogP contribution in [-0.2, 0) is 4.79 Å². The predicted molar refractivity (Wildman–Crippen MR) is 102 cm³/mol. The Bertz CT molecular complexity index is 801. The Kier molecular flexibility index (Phi) is 5.85. The maximum atomic E-state index is 12.4. The highest BCUT2D eigenvalue weighted by atomic mass is 16.5. The van der Waals surface area contributed by atoms with Crippen molar-refractivity contribution in [3.05, 3.63) is 42.1 Å². The minimum absolute atomic E-state index is 0.0834. The van der Waals surface area contributed by atoms with Crippen LogP contribution in [0.1, 0.15) is 24.3 Å². The number of carbonyl (C=O) groups is 2. The molecule has 0 unspecified atom stereocenters. The first kappa shape index (κ1) is 18.6. The SMILES string of the molecule is CCOc1ccccc1NC(=O)c1ccc(N2CCN(C(C)=O)CC2)nn1. The summed E-state index contributed by atoms with van der Waals surface area (Å²) in [5, 5.41) is 11.0. The molecule has 0 spiro atoms. The molecule has 142 valence electrons. The number of ether oxygens (including phenoxy) is 1. The first-order chi connectivity index (χ1) is 13.1. The van der Waals surface area contributed by atoms with Gasteiger partial charge >= 0.3 is 0 Å². The summed E-state index contributed by atoms with van der Waals surface area (Å²) in [6.07, 6.45) is 0. The summed E-state index contributed by atoms with van der Waals surface area (Å²) in [5.74, 6) is 1.05. The Morgan fingerprint density at radius 3 is 2.44 bits per heavy atom. The minimum Gasteiger partial charge on any atom is -0.492 e. The van der Waals surface area contributed by atoms with Gasteiger partial charge in [0.15, 0.2) is 11.5 Å². The van der Waals surface area contributed by atoms with Crippen molar-refractivity contribution in [1.82, 2.24) is 15.1 Å². The molecule has 1 fully saturated rings. The quantitative estimate of drug-likeness (QED) is 0.865. The predicted octanol–water partition coefficient (Wildman–Crippen LogP) is 1.80. The van der Waals surface area contributed by atoms with Gasteiger partial charge in [-0.3, -0.25) is 9.59 Å². The molecule has 27 heavy (non-hydrogen) atoms. The summed E-state index contributed by atoms with van der Waals surface area (Å²) in [6.45, 7) is 6.69. The fourth-order valence-corrected chi connectivity index (χ4v) is 2.90. The molecule has 0 bridgehead atoms. The fourth-order valence-electron chi connectivity index (χ4n) is 2.90. The molecule has 1 aromatic carbocycles. The second kappa shape index (κ2) is 8.48. The highest BCUT2D eigenvalue weighted by molar-refractivity contribution is 6.03. The van der Waals surface area contributed by atoms with Crippen molar-refractivity contribution in [3.63, 3.8) is 0 Å². The van der Waals surface area contributed by atoms with Crippen LogP contribution in [0.3, 0.4) is 0 Å². The van der Waals surface area contributed by atoms with Crippen molar-refractivity contribution < 1.29 is 14.3 Å². The molecule has 1 aliphatic rings. The molecule has 2 aromatic rings. The molecule has 0 radical (unpaired) electrons. The van der Waals surface area contributed by atoms with Gasteiger partial charge in [-0.25, -0.2) is 0 Å². The molecule has 2 amide bonds. The van der Waals surface area contributed by atoms with Gasteiger partial charge in [-0.1, -0.05) is 12.1 Å². The van der Waals surface area contributed by atoms with Gasteiger partial charge < -0.3 is 19.9 Å². The zero-order valence-electron chi connectivity index (χ0n) is 15.5. The number of benzene rings is 1. The van der Waals surface area contributed by atoms with E-state index in [9.17, 15) is 9.59 Å². The third-order valence-corrected chi connectivity index (χ3v) is 4.37. The minimum atomic E-state index is -0.345. The number of anilines is 2. The van der Waals surface area contributed by atoms with E-state index in [1.165, 1.54) is 0 Å². The second-order valence-corrected chi connectivity index (χ2v) is 6.15. The van der Waals surface area contributed by atoms with Gasteiger partial charge in [0.1, 0.15) is 5.75 Å². The second-order valence-electron chi connectivity index (χ2n) is 6.15. The topological polar surface area (TPSA) is 87.7 Å². The highest BCUT2D eigenvalue weighted by Crippen LogP contribution is 2.24. The van der Waals surface area contributed by atoms with Crippen molar-refractivity contribution in [2.75, 3.05) is 43.0 Å². The number of carbonyl (C=O) groups excluding carboxylic acids is 2. The number of nitrogens with zero attached hydrogens (tertiary/aromatic N) is 4. The number of hydrogen-bond donors (Lipinski definition) is 1. The maximum Gasteiger partial charge on any atom is 0.276 e. The van der Waals surface area contributed by atoms with Crippen LogP contribution < -0.4 is 15.0 Å². The molecular formula is C19H23N5O3. The summed E-state index contributed by atoms with van der Waals surface area (Å²) < 4.78 is 5.51. The Labute approximate surface area is 158 Å². The third-order valence-electron chi connectivity index (χ3n) is 4.37. The fraction of sp³-hybridized carbons (Fsp3) is 0.368. The van der Waals surface area contributed by atoms with E-state index in [1.807, 2.05) is 24.0 Å². The molecule has 0 saturated carbocycles. The smallest absolute Gasteiger partial charge is 0.276 e. The zero-order chi connectivity index (χ0) is 19.2. The van der Waals surface area contributed by atoms with Gasteiger partial charge in [-0.15, -0.1) is 10.2 Å². The van der Waals surface area contributed by atoms with Crippen LogP contribution >= 0.6 is 0 Å². The summed E-state index contributed by atoms with van der Waals surface area (Å²) >= 11 is 0. The van der Waals surface area contributed by atoms with Crippen LogP contribution in [-0.4, -0.2) is 59.7 Å². The van der Waals surface area contributed by atoms with Crippen LogP contribution in [0.2, 0.25) is 0 Å². The lowest BCUT2D eigenvalue weighted by atomic mass is 10.2. The number of amides is 2. The molecule has 1 aromatic heterocycles. The van der Waals surface area contributed by atoms with E-state index in [0.29, 0.717) is 50.0 Å². The molecular weight excluding hydrogens is 346 g/mol. The van der Waals surface area contributed by atoms with Gasteiger partial charge in [-0.05, 0) is 31.2 Å². The molecule has 0 atom stereocenters. The van der Waals surface area contributed by atoms with Gasteiger partial charge in [0, 0.05) is 33.1 Å². The van der Waals surface area contributed by atoms with Crippen molar-refractivity contribution in [2.45, 2.75) is 13.8 Å². The number of rotatable bonds is 5. The number of aromatic nitrogens is 2. The lowest BCUT2D eigenvalue weighted by Crippen LogP contribution is -2.48. The monoisotopic (exact) mass is 369 g/mol. The van der Waals surface area contributed by atoms with Crippen molar-refractivity contribution in [2.24, 2.45) is 0 Å². The van der Waals surface area contributed by atoms with Gasteiger partial charge in [0.05, 0.1) is 12.3 Å². The van der Waals surface area contributed by atoms with E-state index < -0.39 is 0 Å². The van der Waals surface area contributed by atoms with Crippen LogP contribution in [0, 0.1) is 0 Å². The van der Waals surface area contributed by atoms with Crippen molar-refractivity contribution in [1.29, 1.82) is 0 Å². The van der Waals surface area contributed by atoms with E-state index in [-0.39, 0.29) is 17.5 Å². The molecule has 1 aliphatic heterocycles. The molecule has 8 heteroatoms. The number of piperazine rings is 1. The van der Waals surface area contributed by atoms with E-state index in [2.05, 4.69) is 20.4 Å². The van der Waals surface area contributed by atoms with Crippen LogP contribution in [0.4, 0.5) is 11.5 Å². The molecule has 0 aliphatic carbocycles. The standard InChI is InChI=1S/C19H23N5O3/c1-3-27-17-7-5-4-6-15(17)20-19(26)16-8-9-18(22-21-16)24-12-10-23(11-13-24)14(2)25/h4-9H,3,10-13H2,1-2H3,(H,20,26). The summed E-state index contributed by atoms with van der Waals surface area (Å²) in [6, 6.07) is 10.7. The van der Waals surface area contributed by atoms with Crippen molar-refractivity contribution >= 4 is 23.3 Å². The lowest BCUT2D eigenvalue weighted by Gasteiger charge is -2.34. The molecule has 2 heterocycles. The molecule has 3 rings (SSSR count). The number of hydrogen-bond acceptors (Lipinski definition) is 6. The third kappa shape index (κ3) is 4.52. The van der Waals surface area contributed by atoms with Crippen molar-refractivity contribution in [3.8, 4) is 5.75 Å². The van der Waals surface area contributed by atoms with E-state index in [1.54, 1.807) is 31.2 Å². The summed E-state index contributed by atoms with van der Waals surface area (Å²) in [7, 11) is 0. The first-order valence-electron chi connectivity index (χ1n) is 8.96. The molecule has 1 saturated heterocycles. The van der Waals surface area contributed by atoms with Gasteiger partial charge in [0.2, 0.25) is 5.91 Å². The number of nitrogens with one attached hydrogen (secondary N) is 1.